The third kappa shape index (κ3) is 6.46. The van der Waals surface area contributed by atoms with Gasteiger partial charge in [0.25, 0.3) is 0 Å². The van der Waals surface area contributed by atoms with Gasteiger partial charge >= 0.3 is 0 Å². The van der Waals surface area contributed by atoms with Crippen LogP contribution in [0.15, 0.2) is 0 Å². The van der Waals surface area contributed by atoms with Gasteiger partial charge in [-0.15, -0.1) is 0 Å². The predicted molar refractivity (Wildman–Crippen MR) is 55.8 cm³/mol. The molecule has 0 bridgehead atoms. The van der Waals surface area contributed by atoms with Crippen LogP contribution in [0.1, 0.15) is 32.1 Å². The van der Waals surface area contributed by atoms with Crippen molar-refractivity contribution in [2.24, 2.45) is 0 Å². The Morgan fingerprint density at radius 2 is 1.64 bits per heavy atom. The van der Waals surface area contributed by atoms with Crippen molar-refractivity contribution in [1.82, 2.24) is 10.2 Å². The molecule has 0 unspecified atom stereocenters. The van der Waals surface area contributed by atoms with E-state index < -0.39 is 0 Å². The molecule has 0 radical (unpaired) electrons. The fraction of sp³-hybridized carbons (Fsp3) is 0.800. The molecular weight excluding hydrogens is 180 g/mol. The van der Waals surface area contributed by atoms with Gasteiger partial charge in [-0.2, -0.15) is 0 Å². The first-order chi connectivity index (χ1) is 6.57. The van der Waals surface area contributed by atoms with Crippen LogP contribution in [0, 0.1) is 0 Å². The lowest BCUT2D eigenvalue weighted by molar-refractivity contribution is -0.128. The molecule has 0 aliphatic rings. The summed E-state index contributed by atoms with van der Waals surface area (Å²) in [5.41, 5.74) is 0. The average Bonchev–Trinajstić information content (AvgIpc) is 2.16. The first-order valence-electron chi connectivity index (χ1n) is 4.98. The second-order valence-electron chi connectivity index (χ2n) is 3.52. The lowest BCUT2D eigenvalue weighted by Crippen LogP contribution is -2.21. The summed E-state index contributed by atoms with van der Waals surface area (Å²) in [6, 6.07) is 0. The molecule has 0 spiro atoms. The van der Waals surface area contributed by atoms with Crippen LogP contribution < -0.4 is 5.32 Å². The molecule has 0 atom stereocenters. The zero-order valence-electron chi connectivity index (χ0n) is 9.30. The molecule has 0 aromatic heterocycles. The van der Waals surface area contributed by atoms with Crippen molar-refractivity contribution in [1.29, 1.82) is 0 Å². The Kier molecular flexibility index (Phi) is 6.80. The van der Waals surface area contributed by atoms with Crippen molar-refractivity contribution in [2.75, 3.05) is 21.1 Å². The number of hydrogen-bond acceptors (Lipinski definition) is 2. The van der Waals surface area contributed by atoms with Crippen LogP contribution in [0.2, 0.25) is 0 Å². The molecule has 0 saturated heterocycles. The highest BCUT2D eigenvalue weighted by molar-refractivity contribution is 5.76. The molecule has 1 N–H and O–H groups in total. The topological polar surface area (TPSA) is 49.4 Å². The van der Waals surface area contributed by atoms with Crippen molar-refractivity contribution in [2.45, 2.75) is 32.1 Å². The summed E-state index contributed by atoms with van der Waals surface area (Å²) in [6.07, 6.45) is 3.81. The van der Waals surface area contributed by atoms with Crippen molar-refractivity contribution in [3.05, 3.63) is 0 Å². The highest BCUT2D eigenvalue weighted by Gasteiger charge is 2.03. The number of amides is 2. The Morgan fingerprint density at radius 3 is 2.14 bits per heavy atom. The summed E-state index contributed by atoms with van der Waals surface area (Å²) in [6.45, 7) is 0. The van der Waals surface area contributed by atoms with Gasteiger partial charge in [0, 0.05) is 34.0 Å². The molecule has 2 amide bonds. The van der Waals surface area contributed by atoms with Gasteiger partial charge in [0.15, 0.2) is 0 Å². The molecule has 0 rings (SSSR count). The highest BCUT2D eigenvalue weighted by Crippen LogP contribution is 2.04. The van der Waals surface area contributed by atoms with Crippen LogP contribution in [-0.4, -0.2) is 37.9 Å². The normalized spacial score (nSPS) is 9.64. The Hall–Kier alpha value is -1.06. The minimum atomic E-state index is 0.0731. The van der Waals surface area contributed by atoms with Crippen LogP contribution in [-0.2, 0) is 9.59 Å². The molecule has 0 fully saturated rings. The minimum absolute atomic E-state index is 0.0731. The van der Waals surface area contributed by atoms with Crippen LogP contribution in [0.25, 0.3) is 0 Å². The van der Waals surface area contributed by atoms with E-state index in [1.165, 1.54) is 0 Å². The summed E-state index contributed by atoms with van der Waals surface area (Å²) in [7, 11) is 5.15. The zero-order chi connectivity index (χ0) is 11.0. The molecule has 82 valence electrons. The van der Waals surface area contributed by atoms with Gasteiger partial charge in [-0.3, -0.25) is 9.59 Å². The van der Waals surface area contributed by atoms with Crippen molar-refractivity contribution in [3.8, 4) is 0 Å². The number of rotatable bonds is 6. The fourth-order valence-corrected chi connectivity index (χ4v) is 1.09. The molecule has 4 heteroatoms. The molecule has 0 saturated carbocycles. The summed E-state index contributed by atoms with van der Waals surface area (Å²) in [5, 5.41) is 2.57. The third-order valence-corrected chi connectivity index (χ3v) is 2.07. The van der Waals surface area contributed by atoms with Crippen LogP contribution >= 0.6 is 0 Å². The second-order valence-corrected chi connectivity index (χ2v) is 3.52. The monoisotopic (exact) mass is 200 g/mol. The number of nitrogens with one attached hydrogen (secondary N) is 1. The summed E-state index contributed by atoms with van der Waals surface area (Å²) < 4.78 is 0. The maximum Gasteiger partial charge on any atom is 0.222 e. The molecule has 14 heavy (non-hydrogen) atoms. The van der Waals surface area contributed by atoms with Gasteiger partial charge < -0.3 is 10.2 Å². The quantitative estimate of drug-likeness (QED) is 0.644. The molecule has 4 nitrogen and oxygen atoms in total. The second kappa shape index (κ2) is 7.35. The lowest BCUT2D eigenvalue weighted by atomic mass is 10.1. The van der Waals surface area contributed by atoms with Gasteiger partial charge in [0.2, 0.25) is 11.8 Å². The van der Waals surface area contributed by atoms with E-state index in [0.717, 1.165) is 19.3 Å². The van der Waals surface area contributed by atoms with Gasteiger partial charge in [0.05, 0.1) is 0 Å². The fourth-order valence-electron chi connectivity index (χ4n) is 1.09. The van der Waals surface area contributed by atoms with Gasteiger partial charge in [0.1, 0.15) is 0 Å². The zero-order valence-corrected chi connectivity index (χ0v) is 9.30. The molecule has 0 heterocycles. The number of carbonyl (C=O) groups is 2. The summed E-state index contributed by atoms with van der Waals surface area (Å²) >= 11 is 0. The van der Waals surface area contributed by atoms with E-state index in [0.29, 0.717) is 12.8 Å². The predicted octanol–water partition coefficient (Wildman–Crippen LogP) is 0.771. The maximum absolute atomic E-state index is 11.1. The van der Waals surface area contributed by atoms with Gasteiger partial charge in [-0.25, -0.2) is 0 Å². The number of hydrogen-bond donors (Lipinski definition) is 1. The molecule has 0 aromatic rings. The van der Waals surface area contributed by atoms with Crippen molar-refractivity contribution in [3.63, 3.8) is 0 Å². The Morgan fingerprint density at radius 1 is 1.07 bits per heavy atom. The standard InChI is InChI=1S/C10H20N2O2/c1-11-9(13)7-5-4-6-8-10(14)12(2)3/h4-8H2,1-3H3,(H,11,13). The van der Waals surface area contributed by atoms with E-state index in [1.807, 2.05) is 0 Å². The van der Waals surface area contributed by atoms with E-state index in [1.54, 1.807) is 26.0 Å². The van der Waals surface area contributed by atoms with Crippen LogP contribution in [0.5, 0.6) is 0 Å². The first-order valence-corrected chi connectivity index (χ1v) is 4.98. The Labute approximate surface area is 85.7 Å². The molecular formula is C10H20N2O2. The molecule has 0 aliphatic carbocycles. The molecule has 0 aliphatic heterocycles. The number of unbranched alkanes of at least 4 members (excludes halogenated alkanes) is 2. The van der Waals surface area contributed by atoms with Crippen molar-refractivity contribution < 1.29 is 9.59 Å². The SMILES string of the molecule is CNC(=O)CCCCCC(=O)N(C)C. The van der Waals surface area contributed by atoms with Crippen LogP contribution in [0.4, 0.5) is 0 Å². The minimum Gasteiger partial charge on any atom is -0.359 e. The van der Waals surface area contributed by atoms with E-state index in [9.17, 15) is 9.59 Å². The number of nitrogens with zero attached hydrogens (tertiary/aromatic N) is 1. The highest BCUT2D eigenvalue weighted by atomic mass is 16.2. The lowest BCUT2D eigenvalue weighted by Gasteiger charge is -2.09. The van der Waals surface area contributed by atoms with E-state index in [-0.39, 0.29) is 11.8 Å². The smallest absolute Gasteiger partial charge is 0.222 e. The van der Waals surface area contributed by atoms with E-state index >= 15 is 0 Å². The largest absolute Gasteiger partial charge is 0.359 e. The summed E-state index contributed by atoms with van der Waals surface area (Å²) in [4.78, 5) is 23.6. The van der Waals surface area contributed by atoms with Crippen molar-refractivity contribution >= 4 is 11.8 Å². The third-order valence-electron chi connectivity index (χ3n) is 2.07. The average molecular weight is 200 g/mol. The maximum atomic E-state index is 11.1. The first kappa shape index (κ1) is 12.9. The Balaban J connectivity index is 3.30. The van der Waals surface area contributed by atoms with Gasteiger partial charge in [-0.05, 0) is 12.8 Å². The van der Waals surface area contributed by atoms with E-state index in [4.69, 9.17) is 0 Å². The Bertz CT molecular complexity index is 191. The summed E-state index contributed by atoms with van der Waals surface area (Å²) in [5.74, 6) is 0.230. The van der Waals surface area contributed by atoms with Crippen LogP contribution in [0.3, 0.4) is 0 Å². The number of carbonyl (C=O) groups excluding carboxylic acids is 2. The van der Waals surface area contributed by atoms with E-state index in [2.05, 4.69) is 5.32 Å². The van der Waals surface area contributed by atoms with Gasteiger partial charge in [-0.1, -0.05) is 6.42 Å². The molecule has 0 aromatic carbocycles.